The minimum atomic E-state index is -3.87. The summed E-state index contributed by atoms with van der Waals surface area (Å²) < 4.78 is 29.7. The molecule has 0 N–H and O–H groups in total. The van der Waals surface area contributed by atoms with Crippen LogP contribution in [0.3, 0.4) is 0 Å². The average molecular weight is 339 g/mol. The number of fused-ring (bicyclic) bond motifs is 1. The fraction of sp³-hybridized carbons (Fsp3) is 0.158. The third-order valence-corrected chi connectivity index (χ3v) is 5.54. The Bertz CT molecular complexity index is 992. The number of allylic oxidation sites excluding steroid dienone is 2. The lowest BCUT2D eigenvalue weighted by Crippen LogP contribution is -2.14. The van der Waals surface area contributed by atoms with E-state index in [0.29, 0.717) is 22.3 Å². The summed E-state index contributed by atoms with van der Waals surface area (Å²) in [5.41, 5.74) is 3.62. The van der Waals surface area contributed by atoms with Crippen molar-refractivity contribution in [2.24, 2.45) is 4.40 Å². The minimum Gasteiger partial charge on any atom is -0.289 e. The highest BCUT2D eigenvalue weighted by Gasteiger charge is 2.23. The zero-order chi connectivity index (χ0) is 17.5. The van der Waals surface area contributed by atoms with Gasteiger partial charge in [0.05, 0.1) is 10.6 Å². The first-order chi connectivity index (χ1) is 11.3. The van der Waals surface area contributed by atoms with Gasteiger partial charge in [0.15, 0.2) is 5.78 Å². The highest BCUT2D eigenvalue weighted by Crippen LogP contribution is 2.25. The van der Waals surface area contributed by atoms with Crippen molar-refractivity contribution in [2.45, 2.75) is 25.7 Å². The Morgan fingerprint density at radius 1 is 0.875 bits per heavy atom. The lowest BCUT2D eigenvalue weighted by molar-refractivity contribution is 0.104. The van der Waals surface area contributed by atoms with E-state index in [2.05, 4.69) is 4.40 Å². The standard InChI is InChI=1S/C19H17NO3S/c1-12-10-13(2)19(14(3)11-12)24(22,23)20-17-8-9-18(21)16-7-5-4-6-15(16)17/h4-11H,1-3H3/b20-17-. The maximum atomic E-state index is 12.8. The number of benzene rings is 2. The number of rotatable bonds is 2. The SMILES string of the molecule is Cc1cc(C)c(S(=O)(=O)/N=C2/C=CC(=O)c3ccccc32)c(C)c1. The van der Waals surface area contributed by atoms with Crippen LogP contribution in [-0.4, -0.2) is 19.9 Å². The maximum Gasteiger partial charge on any atom is 0.283 e. The van der Waals surface area contributed by atoms with Gasteiger partial charge in [-0.1, -0.05) is 42.0 Å². The van der Waals surface area contributed by atoms with Gasteiger partial charge in [-0.3, -0.25) is 4.79 Å². The normalized spacial score (nSPS) is 15.6. The quantitative estimate of drug-likeness (QED) is 0.840. The van der Waals surface area contributed by atoms with Gasteiger partial charge in [-0.05, 0) is 44.1 Å². The first-order valence-electron chi connectivity index (χ1n) is 7.54. The Balaban J connectivity index is 2.19. The summed E-state index contributed by atoms with van der Waals surface area (Å²) in [6.45, 7) is 5.45. The van der Waals surface area contributed by atoms with Crippen molar-refractivity contribution >= 4 is 21.5 Å². The number of hydrogen-bond donors (Lipinski definition) is 0. The Hall–Kier alpha value is -2.53. The van der Waals surface area contributed by atoms with Crippen LogP contribution in [0.1, 0.15) is 32.6 Å². The second kappa shape index (κ2) is 5.83. The molecule has 5 heteroatoms. The molecule has 2 aromatic carbocycles. The molecule has 0 saturated heterocycles. The number of hydrogen-bond acceptors (Lipinski definition) is 3. The molecule has 0 aromatic heterocycles. The predicted octanol–water partition coefficient (Wildman–Crippen LogP) is 3.54. The minimum absolute atomic E-state index is 0.148. The average Bonchev–Trinajstić information content (AvgIpc) is 2.49. The van der Waals surface area contributed by atoms with Crippen molar-refractivity contribution in [2.75, 3.05) is 0 Å². The number of nitrogens with zero attached hydrogens (tertiary/aromatic N) is 1. The topological polar surface area (TPSA) is 63.6 Å². The summed E-state index contributed by atoms with van der Waals surface area (Å²) in [5.74, 6) is -0.148. The van der Waals surface area contributed by atoms with E-state index < -0.39 is 10.0 Å². The fourth-order valence-electron chi connectivity index (χ4n) is 3.08. The van der Waals surface area contributed by atoms with Crippen molar-refractivity contribution in [1.29, 1.82) is 0 Å². The van der Waals surface area contributed by atoms with Crippen LogP contribution in [0.15, 0.2) is 57.8 Å². The van der Waals surface area contributed by atoms with Crippen molar-refractivity contribution in [3.63, 3.8) is 0 Å². The summed E-state index contributed by atoms with van der Waals surface area (Å²) >= 11 is 0. The van der Waals surface area contributed by atoms with Crippen LogP contribution < -0.4 is 0 Å². The Morgan fingerprint density at radius 3 is 2.08 bits per heavy atom. The molecule has 0 spiro atoms. The smallest absolute Gasteiger partial charge is 0.283 e. The van der Waals surface area contributed by atoms with Crippen LogP contribution in [0.2, 0.25) is 0 Å². The Morgan fingerprint density at radius 2 is 1.46 bits per heavy atom. The third kappa shape index (κ3) is 2.83. The lowest BCUT2D eigenvalue weighted by atomic mass is 9.95. The number of ketones is 1. The second-order valence-electron chi connectivity index (χ2n) is 5.92. The largest absolute Gasteiger partial charge is 0.289 e. The van der Waals surface area contributed by atoms with Crippen LogP contribution in [0.5, 0.6) is 0 Å². The van der Waals surface area contributed by atoms with E-state index in [9.17, 15) is 13.2 Å². The maximum absolute atomic E-state index is 12.8. The van der Waals surface area contributed by atoms with Gasteiger partial charge in [0.1, 0.15) is 0 Å². The molecule has 0 radical (unpaired) electrons. The Kier molecular flexibility index (Phi) is 3.97. The van der Waals surface area contributed by atoms with Gasteiger partial charge < -0.3 is 0 Å². The molecule has 1 aliphatic carbocycles. The van der Waals surface area contributed by atoms with E-state index in [1.165, 1.54) is 12.2 Å². The van der Waals surface area contributed by atoms with E-state index in [1.807, 2.05) is 19.1 Å². The molecule has 2 aromatic rings. The van der Waals surface area contributed by atoms with Crippen LogP contribution >= 0.6 is 0 Å². The Labute approximate surface area is 141 Å². The van der Waals surface area contributed by atoms with Gasteiger partial charge in [0.2, 0.25) is 0 Å². The van der Waals surface area contributed by atoms with Gasteiger partial charge in [-0.25, -0.2) is 0 Å². The molecule has 122 valence electrons. The molecule has 0 aliphatic heterocycles. The molecule has 0 atom stereocenters. The summed E-state index contributed by atoms with van der Waals surface area (Å²) in [6, 6.07) is 10.5. The van der Waals surface area contributed by atoms with Gasteiger partial charge in [0, 0.05) is 11.1 Å². The molecule has 1 aliphatic rings. The number of carbonyl (C=O) groups excluding carboxylic acids is 1. The summed E-state index contributed by atoms with van der Waals surface area (Å²) in [6.07, 6.45) is 2.81. The molecule has 4 nitrogen and oxygen atoms in total. The van der Waals surface area contributed by atoms with Crippen molar-refractivity contribution in [3.8, 4) is 0 Å². The van der Waals surface area contributed by atoms with Crippen molar-refractivity contribution in [1.82, 2.24) is 0 Å². The van der Waals surface area contributed by atoms with E-state index in [1.54, 1.807) is 38.1 Å². The number of aryl methyl sites for hydroxylation is 3. The van der Waals surface area contributed by atoms with E-state index >= 15 is 0 Å². The molecule has 0 unspecified atom stereocenters. The van der Waals surface area contributed by atoms with E-state index in [4.69, 9.17) is 0 Å². The van der Waals surface area contributed by atoms with Gasteiger partial charge >= 0.3 is 0 Å². The monoisotopic (exact) mass is 339 g/mol. The van der Waals surface area contributed by atoms with E-state index in [0.717, 1.165) is 5.56 Å². The van der Waals surface area contributed by atoms with Gasteiger partial charge in [0.25, 0.3) is 10.0 Å². The predicted molar refractivity (Wildman–Crippen MR) is 94.3 cm³/mol. The van der Waals surface area contributed by atoms with Crippen LogP contribution in [0, 0.1) is 20.8 Å². The molecule has 0 bridgehead atoms. The van der Waals surface area contributed by atoms with E-state index in [-0.39, 0.29) is 16.4 Å². The molecule has 0 amide bonds. The fourth-order valence-corrected chi connectivity index (χ4v) is 4.52. The molecule has 0 heterocycles. The van der Waals surface area contributed by atoms with Gasteiger partial charge in [-0.2, -0.15) is 12.8 Å². The molecular formula is C19H17NO3S. The third-order valence-electron chi connectivity index (χ3n) is 3.94. The highest BCUT2D eigenvalue weighted by atomic mass is 32.2. The summed E-state index contributed by atoms with van der Waals surface area (Å²) in [7, 11) is -3.87. The van der Waals surface area contributed by atoms with Crippen LogP contribution in [-0.2, 0) is 10.0 Å². The molecule has 0 fully saturated rings. The summed E-state index contributed by atoms with van der Waals surface area (Å²) in [5, 5.41) is 0. The van der Waals surface area contributed by atoms with Crippen LogP contribution in [0.25, 0.3) is 0 Å². The zero-order valence-electron chi connectivity index (χ0n) is 13.7. The molecule has 24 heavy (non-hydrogen) atoms. The number of carbonyl (C=O) groups is 1. The molecule has 0 saturated carbocycles. The second-order valence-corrected chi connectivity index (χ2v) is 7.46. The first kappa shape index (κ1) is 16.3. The zero-order valence-corrected chi connectivity index (χ0v) is 14.5. The molecule has 3 rings (SSSR count). The summed E-state index contributed by atoms with van der Waals surface area (Å²) in [4.78, 5) is 12.1. The van der Waals surface area contributed by atoms with Crippen molar-refractivity contribution in [3.05, 3.63) is 76.4 Å². The van der Waals surface area contributed by atoms with Crippen LogP contribution in [0.4, 0.5) is 0 Å². The lowest BCUT2D eigenvalue weighted by Gasteiger charge is -2.13. The van der Waals surface area contributed by atoms with Gasteiger partial charge in [-0.15, -0.1) is 0 Å². The highest BCUT2D eigenvalue weighted by molar-refractivity contribution is 7.90. The first-order valence-corrected chi connectivity index (χ1v) is 8.98. The van der Waals surface area contributed by atoms with Crippen molar-refractivity contribution < 1.29 is 13.2 Å². The molecular weight excluding hydrogens is 322 g/mol. The number of sulfonamides is 1.